The summed E-state index contributed by atoms with van der Waals surface area (Å²) in [6, 6.07) is 17.4. The molecule has 0 spiro atoms. The Labute approximate surface area is 190 Å². The molecule has 2 atom stereocenters. The van der Waals surface area contributed by atoms with Gasteiger partial charge in [0.25, 0.3) is 5.91 Å². The van der Waals surface area contributed by atoms with Gasteiger partial charge in [-0.1, -0.05) is 0 Å². The SMILES string of the molecule is CNC(=O)c1c(-c2ccc(Oc3ccc(F)cc3)cc2)oc2cc3c(cc12)C1CC1CCN3. The third-order valence-corrected chi connectivity index (χ3v) is 6.63. The summed E-state index contributed by atoms with van der Waals surface area (Å²) in [5.74, 6) is 2.51. The van der Waals surface area contributed by atoms with Crippen LogP contribution in [0, 0.1) is 11.7 Å². The summed E-state index contributed by atoms with van der Waals surface area (Å²) >= 11 is 0. The minimum absolute atomic E-state index is 0.177. The first kappa shape index (κ1) is 19.9. The summed E-state index contributed by atoms with van der Waals surface area (Å²) in [5, 5.41) is 7.12. The molecule has 2 aliphatic rings. The summed E-state index contributed by atoms with van der Waals surface area (Å²) < 4.78 is 25.2. The van der Waals surface area contributed by atoms with Gasteiger partial charge in [0.05, 0.1) is 5.56 Å². The molecule has 33 heavy (non-hydrogen) atoms. The van der Waals surface area contributed by atoms with Gasteiger partial charge >= 0.3 is 0 Å². The summed E-state index contributed by atoms with van der Waals surface area (Å²) in [6.45, 7) is 0.963. The maximum absolute atomic E-state index is 13.1. The van der Waals surface area contributed by atoms with Gasteiger partial charge in [-0.05, 0) is 84.8 Å². The van der Waals surface area contributed by atoms with E-state index in [4.69, 9.17) is 9.15 Å². The molecule has 1 aliphatic carbocycles. The standard InChI is InChI=1S/C27H23FN2O3/c1-29-27(31)25-22-13-21-20-12-16(20)10-11-30-23(21)14-24(22)33-26(25)15-2-6-18(7-3-15)32-19-8-4-17(28)5-9-19/h2-9,13-14,16,20,30H,10-12H2,1H3,(H,29,31). The van der Waals surface area contributed by atoms with Crippen LogP contribution in [0.4, 0.5) is 10.1 Å². The summed E-state index contributed by atoms with van der Waals surface area (Å²) in [5.41, 5.74) is 4.41. The Kier molecular flexibility index (Phi) is 4.61. The molecule has 5 nitrogen and oxygen atoms in total. The fourth-order valence-corrected chi connectivity index (χ4v) is 4.83. The third-order valence-electron chi connectivity index (χ3n) is 6.63. The Bertz CT molecular complexity index is 1360. The number of nitrogens with one attached hydrogen (secondary N) is 2. The summed E-state index contributed by atoms with van der Waals surface area (Å²) in [6.07, 6.45) is 2.40. The zero-order valence-electron chi connectivity index (χ0n) is 18.2. The zero-order valence-corrected chi connectivity index (χ0v) is 18.2. The number of carbonyl (C=O) groups excluding carboxylic acids is 1. The highest BCUT2D eigenvalue weighted by Crippen LogP contribution is 2.54. The first-order valence-corrected chi connectivity index (χ1v) is 11.2. The highest BCUT2D eigenvalue weighted by atomic mass is 19.1. The molecule has 6 rings (SSSR count). The molecular formula is C27H23FN2O3. The molecule has 6 heteroatoms. The smallest absolute Gasteiger partial charge is 0.255 e. The number of hydrogen-bond acceptors (Lipinski definition) is 4. The van der Waals surface area contributed by atoms with Crippen LogP contribution in [0.3, 0.4) is 0 Å². The van der Waals surface area contributed by atoms with Crippen LogP contribution >= 0.6 is 0 Å². The van der Waals surface area contributed by atoms with E-state index >= 15 is 0 Å². The monoisotopic (exact) mass is 442 g/mol. The van der Waals surface area contributed by atoms with E-state index in [1.807, 2.05) is 30.3 Å². The van der Waals surface area contributed by atoms with Gasteiger partial charge in [0, 0.05) is 36.3 Å². The minimum atomic E-state index is -0.311. The van der Waals surface area contributed by atoms with Crippen LogP contribution in [-0.2, 0) is 0 Å². The van der Waals surface area contributed by atoms with E-state index in [9.17, 15) is 9.18 Å². The van der Waals surface area contributed by atoms with E-state index in [2.05, 4.69) is 16.7 Å². The van der Waals surface area contributed by atoms with E-state index in [-0.39, 0.29) is 11.7 Å². The lowest BCUT2D eigenvalue weighted by atomic mass is 10.00. The van der Waals surface area contributed by atoms with E-state index in [0.717, 1.165) is 29.1 Å². The maximum atomic E-state index is 13.1. The van der Waals surface area contributed by atoms with Crippen LogP contribution < -0.4 is 15.4 Å². The molecule has 2 N–H and O–H groups in total. The van der Waals surface area contributed by atoms with Crippen LogP contribution in [0.5, 0.6) is 11.5 Å². The van der Waals surface area contributed by atoms with Crippen molar-refractivity contribution in [3.8, 4) is 22.8 Å². The first-order chi connectivity index (χ1) is 16.1. The lowest BCUT2D eigenvalue weighted by Gasteiger charge is -2.09. The maximum Gasteiger partial charge on any atom is 0.255 e. The normalized spacial score (nSPS) is 18.6. The molecule has 0 radical (unpaired) electrons. The van der Waals surface area contributed by atoms with Gasteiger partial charge in [-0.2, -0.15) is 0 Å². The van der Waals surface area contributed by atoms with Crippen LogP contribution in [0.2, 0.25) is 0 Å². The molecule has 166 valence electrons. The minimum Gasteiger partial charge on any atom is -0.457 e. The Balaban J connectivity index is 1.40. The molecule has 1 fully saturated rings. The molecule has 0 bridgehead atoms. The number of rotatable bonds is 4. The fourth-order valence-electron chi connectivity index (χ4n) is 4.83. The molecule has 4 aromatic rings. The second-order valence-corrected chi connectivity index (χ2v) is 8.72. The van der Waals surface area contributed by atoms with Gasteiger partial charge in [0.1, 0.15) is 28.7 Å². The molecule has 3 aromatic carbocycles. The van der Waals surface area contributed by atoms with E-state index in [0.29, 0.717) is 34.3 Å². The van der Waals surface area contributed by atoms with Crippen molar-refractivity contribution in [2.45, 2.75) is 18.8 Å². The first-order valence-electron chi connectivity index (χ1n) is 11.2. The average molecular weight is 442 g/mol. The molecule has 2 unspecified atom stereocenters. The van der Waals surface area contributed by atoms with Gasteiger partial charge in [0.2, 0.25) is 0 Å². The van der Waals surface area contributed by atoms with E-state index in [1.54, 1.807) is 19.2 Å². The summed E-state index contributed by atoms with van der Waals surface area (Å²) in [7, 11) is 1.63. The Morgan fingerprint density at radius 1 is 1.09 bits per heavy atom. The van der Waals surface area contributed by atoms with Crippen molar-refractivity contribution < 1.29 is 18.3 Å². The number of carbonyl (C=O) groups is 1. The molecular weight excluding hydrogens is 419 g/mol. The molecule has 1 aromatic heterocycles. The van der Waals surface area contributed by atoms with Crippen molar-refractivity contribution in [1.29, 1.82) is 0 Å². The van der Waals surface area contributed by atoms with Crippen molar-refractivity contribution in [2.24, 2.45) is 5.92 Å². The van der Waals surface area contributed by atoms with Crippen LogP contribution in [0.25, 0.3) is 22.3 Å². The number of benzene rings is 3. The van der Waals surface area contributed by atoms with Gasteiger partial charge in [-0.3, -0.25) is 4.79 Å². The number of halogens is 1. The predicted molar refractivity (Wildman–Crippen MR) is 125 cm³/mol. The Morgan fingerprint density at radius 3 is 2.55 bits per heavy atom. The van der Waals surface area contributed by atoms with Gasteiger partial charge in [-0.25, -0.2) is 4.39 Å². The Morgan fingerprint density at radius 2 is 1.82 bits per heavy atom. The molecule has 2 heterocycles. The second-order valence-electron chi connectivity index (χ2n) is 8.72. The average Bonchev–Trinajstić information content (AvgIpc) is 3.53. The van der Waals surface area contributed by atoms with E-state index < -0.39 is 0 Å². The van der Waals surface area contributed by atoms with Crippen molar-refractivity contribution in [2.75, 3.05) is 18.9 Å². The molecule has 1 amide bonds. The van der Waals surface area contributed by atoms with Crippen molar-refractivity contribution >= 4 is 22.6 Å². The number of hydrogen-bond donors (Lipinski definition) is 2. The molecule has 1 saturated carbocycles. The predicted octanol–water partition coefficient (Wildman–Crippen LogP) is 6.31. The number of furan rings is 1. The van der Waals surface area contributed by atoms with Gasteiger partial charge in [-0.15, -0.1) is 0 Å². The number of amides is 1. The van der Waals surface area contributed by atoms with Crippen LogP contribution in [0.15, 0.2) is 65.1 Å². The summed E-state index contributed by atoms with van der Waals surface area (Å²) in [4.78, 5) is 12.9. The lowest BCUT2D eigenvalue weighted by Crippen LogP contribution is -2.18. The highest BCUT2D eigenvalue weighted by Gasteiger charge is 2.41. The molecule has 1 aliphatic heterocycles. The van der Waals surface area contributed by atoms with Crippen LogP contribution in [-0.4, -0.2) is 19.5 Å². The van der Waals surface area contributed by atoms with Crippen molar-refractivity contribution in [3.05, 3.63) is 77.6 Å². The second kappa shape index (κ2) is 7.66. The van der Waals surface area contributed by atoms with E-state index in [1.165, 1.54) is 30.5 Å². The fraction of sp³-hybridized carbons (Fsp3) is 0.222. The largest absolute Gasteiger partial charge is 0.457 e. The number of anilines is 1. The highest BCUT2D eigenvalue weighted by molar-refractivity contribution is 6.11. The zero-order chi connectivity index (χ0) is 22.5. The van der Waals surface area contributed by atoms with Crippen molar-refractivity contribution in [3.63, 3.8) is 0 Å². The molecule has 0 saturated heterocycles. The van der Waals surface area contributed by atoms with Gasteiger partial charge in [0.15, 0.2) is 0 Å². The van der Waals surface area contributed by atoms with Gasteiger partial charge < -0.3 is 19.8 Å². The van der Waals surface area contributed by atoms with Crippen molar-refractivity contribution in [1.82, 2.24) is 5.32 Å². The van der Waals surface area contributed by atoms with Crippen LogP contribution in [0.1, 0.15) is 34.7 Å². The number of ether oxygens (including phenoxy) is 1. The topological polar surface area (TPSA) is 63.5 Å². The lowest BCUT2D eigenvalue weighted by molar-refractivity contribution is 0.0964. The third kappa shape index (κ3) is 3.52. The quantitative estimate of drug-likeness (QED) is 0.389. The number of fused-ring (bicyclic) bond motifs is 4. The Hall–Kier alpha value is -3.80.